The number of amides is 1. The van der Waals surface area contributed by atoms with E-state index in [2.05, 4.69) is 0 Å². The second-order valence-electron chi connectivity index (χ2n) is 5.50. The molecule has 0 bridgehead atoms. The predicted molar refractivity (Wildman–Crippen MR) is 100 cm³/mol. The number of likely N-dealkylation sites (N-methyl/N-ethyl adjacent to an activating group) is 2. The lowest BCUT2D eigenvalue weighted by molar-refractivity contribution is -0.131. The highest BCUT2D eigenvalue weighted by Crippen LogP contribution is 2.22. The summed E-state index contributed by atoms with van der Waals surface area (Å²) in [5.74, 6) is 0.833. The van der Waals surface area contributed by atoms with Crippen LogP contribution < -0.4 is 4.74 Å². The van der Waals surface area contributed by atoms with E-state index in [0.717, 1.165) is 15.0 Å². The Morgan fingerprint density at radius 1 is 1.12 bits per heavy atom. The quantitative estimate of drug-likeness (QED) is 0.686. The lowest BCUT2D eigenvalue weighted by atomic mass is 10.3. The molecule has 1 amide bonds. The lowest BCUT2D eigenvalue weighted by Crippen LogP contribution is -2.37. The van der Waals surface area contributed by atoms with Gasteiger partial charge in [0.05, 0.1) is 17.4 Å². The molecule has 0 saturated heterocycles. The molecule has 0 aliphatic heterocycles. The third-order valence-electron chi connectivity index (χ3n) is 3.41. The zero-order valence-corrected chi connectivity index (χ0v) is 16.0. The van der Waals surface area contributed by atoms with E-state index in [1.165, 1.54) is 11.3 Å². The number of carbonyl (C=O) groups excluding carboxylic acids is 1. The summed E-state index contributed by atoms with van der Waals surface area (Å²) in [5, 5.41) is 0.681. The number of halogens is 2. The minimum Gasteiger partial charge on any atom is -0.492 e. The Balaban J connectivity index is 1.69. The molecule has 1 heterocycles. The van der Waals surface area contributed by atoms with Crippen molar-refractivity contribution in [3.63, 3.8) is 0 Å². The normalized spacial score (nSPS) is 10.9. The van der Waals surface area contributed by atoms with Crippen LogP contribution >= 0.6 is 34.5 Å². The third kappa shape index (κ3) is 6.32. The summed E-state index contributed by atoms with van der Waals surface area (Å²) >= 11 is 13.2. The molecule has 0 aliphatic carbocycles. The Kier molecular flexibility index (Phi) is 7.37. The van der Waals surface area contributed by atoms with Gasteiger partial charge in [-0.15, -0.1) is 11.3 Å². The van der Waals surface area contributed by atoms with Crippen LogP contribution in [-0.2, 0) is 11.3 Å². The highest BCUT2D eigenvalue weighted by atomic mass is 35.5. The van der Waals surface area contributed by atoms with Crippen LogP contribution in [0.4, 0.5) is 0 Å². The zero-order chi connectivity index (χ0) is 17.5. The van der Waals surface area contributed by atoms with Crippen molar-refractivity contribution in [2.45, 2.75) is 6.54 Å². The van der Waals surface area contributed by atoms with E-state index in [-0.39, 0.29) is 5.91 Å². The molecule has 0 aliphatic rings. The Labute approximate surface area is 156 Å². The van der Waals surface area contributed by atoms with Crippen molar-refractivity contribution in [3.05, 3.63) is 50.6 Å². The minimum atomic E-state index is 0.0634. The van der Waals surface area contributed by atoms with Crippen LogP contribution in [-0.4, -0.2) is 49.5 Å². The molecule has 1 aromatic carbocycles. The van der Waals surface area contributed by atoms with Gasteiger partial charge in [0.1, 0.15) is 12.4 Å². The highest BCUT2D eigenvalue weighted by Gasteiger charge is 2.13. The average molecular weight is 387 g/mol. The summed E-state index contributed by atoms with van der Waals surface area (Å²) in [4.78, 5) is 17.0. The number of benzene rings is 1. The van der Waals surface area contributed by atoms with Crippen LogP contribution in [0.5, 0.6) is 5.75 Å². The van der Waals surface area contributed by atoms with Gasteiger partial charge in [0.25, 0.3) is 0 Å². The lowest BCUT2D eigenvalue weighted by Gasteiger charge is -2.21. The minimum absolute atomic E-state index is 0.0634. The smallest absolute Gasteiger partial charge is 0.236 e. The SMILES string of the molecule is CN(CCOc1ccc(Cl)cc1)CC(=O)N(C)Cc1ccc(Cl)s1. The number of nitrogens with zero attached hydrogens (tertiary/aromatic N) is 2. The van der Waals surface area contributed by atoms with Gasteiger partial charge in [-0.25, -0.2) is 0 Å². The molecule has 2 aromatic rings. The van der Waals surface area contributed by atoms with Gasteiger partial charge in [-0.1, -0.05) is 23.2 Å². The molecule has 0 spiro atoms. The Morgan fingerprint density at radius 2 is 1.83 bits per heavy atom. The summed E-state index contributed by atoms with van der Waals surface area (Å²) < 4.78 is 6.37. The molecule has 0 radical (unpaired) electrons. The predicted octanol–water partition coefficient (Wildman–Crippen LogP) is 4.02. The summed E-state index contributed by atoms with van der Waals surface area (Å²) in [6.07, 6.45) is 0. The Bertz CT molecular complexity index is 661. The first kappa shape index (κ1) is 19.1. The molecule has 2 rings (SSSR count). The van der Waals surface area contributed by atoms with E-state index in [4.69, 9.17) is 27.9 Å². The van der Waals surface area contributed by atoms with Crippen molar-refractivity contribution in [3.8, 4) is 5.75 Å². The van der Waals surface area contributed by atoms with Gasteiger partial charge < -0.3 is 9.64 Å². The van der Waals surface area contributed by atoms with Crippen LogP contribution in [0, 0.1) is 0 Å². The van der Waals surface area contributed by atoms with Crippen LogP contribution in [0.3, 0.4) is 0 Å². The fourth-order valence-corrected chi connectivity index (χ4v) is 3.31. The molecule has 4 nitrogen and oxygen atoms in total. The Hall–Kier alpha value is -1.27. The van der Waals surface area contributed by atoms with E-state index in [1.54, 1.807) is 24.1 Å². The van der Waals surface area contributed by atoms with Gasteiger partial charge in [-0.05, 0) is 43.4 Å². The first-order valence-corrected chi connectivity index (χ1v) is 9.06. The first-order chi connectivity index (χ1) is 11.4. The zero-order valence-electron chi connectivity index (χ0n) is 13.7. The summed E-state index contributed by atoms with van der Waals surface area (Å²) in [7, 11) is 3.70. The summed E-state index contributed by atoms with van der Waals surface area (Å²) in [6, 6.07) is 11.0. The van der Waals surface area contributed by atoms with Crippen molar-refractivity contribution in [2.75, 3.05) is 33.8 Å². The van der Waals surface area contributed by atoms with Crippen molar-refractivity contribution in [1.29, 1.82) is 0 Å². The second-order valence-corrected chi connectivity index (χ2v) is 7.73. The topological polar surface area (TPSA) is 32.8 Å². The Morgan fingerprint density at radius 3 is 2.46 bits per heavy atom. The van der Waals surface area contributed by atoms with Crippen LogP contribution in [0.25, 0.3) is 0 Å². The van der Waals surface area contributed by atoms with Crippen molar-refractivity contribution >= 4 is 40.4 Å². The molecular weight excluding hydrogens is 367 g/mol. The van der Waals surface area contributed by atoms with Crippen molar-refractivity contribution < 1.29 is 9.53 Å². The molecule has 0 saturated carbocycles. The first-order valence-electron chi connectivity index (χ1n) is 7.49. The second kappa shape index (κ2) is 9.28. The van der Waals surface area contributed by atoms with Gasteiger partial charge in [0.2, 0.25) is 5.91 Å². The van der Waals surface area contributed by atoms with Crippen molar-refractivity contribution in [2.24, 2.45) is 0 Å². The molecule has 7 heteroatoms. The molecule has 0 atom stereocenters. The monoisotopic (exact) mass is 386 g/mol. The number of hydrogen-bond donors (Lipinski definition) is 0. The van der Waals surface area contributed by atoms with Gasteiger partial charge in [-0.3, -0.25) is 9.69 Å². The van der Waals surface area contributed by atoms with Gasteiger partial charge in [0.15, 0.2) is 0 Å². The highest BCUT2D eigenvalue weighted by molar-refractivity contribution is 7.16. The summed E-state index contributed by atoms with van der Waals surface area (Å²) in [5.41, 5.74) is 0. The van der Waals surface area contributed by atoms with E-state index in [0.29, 0.717) is 31.3 Å². The molecule has 130 valence electrons. The summed E-state index contributed by atoms with van der Waals surface area (Å²) in [6.45, 7) is 2.09. The maximum Gasteiger partial charge on any atom is 0.236 e. The molecular formula is C17H20Cl2N2O2S. The fraction of sp³-hybridized carbons (Fsp3) is 0.353. The van der Waals surface area contributed by atoms with Crippen LogP contribution in [0.15, 0.2) is 36.4 Å². The molecule has 0 N–H and O–H groups in total. The fourth-order valence-electron chi connectivity index (χ4n) is 2.04. The third-order valence-corrected chi connectivity index (χ3v) is 4.88. The van der Waals surface area contributed by atoms with Crippen molar-refractivity contribution in [1.82, 2.24) is 9.80 Å². The van der Waals surface area contributed by atoms with Crippen LogP contribution in [0.2, 0.25) is 9.36 Å². The van der Waals surface area contributed by atoms with E-state index in [9.17, 15) is 4.79 Å². The average Bonchev–Trinajstić information content (AvgIpc) is 2.94. The molecule has 24 heavy (non-hydrogen) atoms. The number of carbonyl (C=O) groups is 1. The number of thiophene rings is 1. The largest absolute Gasteiger partial charge is 0.492 e. The maximum atomic E-state index is 12.2. The van der Waals surface area contributed by atoms with E-state index < -0.39 is 0 Å². The maximum absolute atomic E-state index is 12.2. The standard InChI is InChI=1S/C17H20Cl2N2O2S/c1-20(9-10-23-14-5-3-13(18)4-6-14)12-17(22)21(2)11-15-7-8-16(19)24-15/h3-8H,9-12H2,1-2H3. The molecule has 0 unspecified atom stereocenters. The van der Waals surface area contributed by atoms with Crippen LogP contribution in [0.1, 0.15) is 4.88 Å². The van der Waals surface area contributed by atoms with E-state index in [1.807, 2.05) is 36.2 Å². The number of rotatable bonds is 8. The van der Waals surface area contributed by atoms with E-state index >= 15 is 0 Å². The molecule has 0 fully saturated rings. The van der Waals surface area contributed by atoms with Gasteiger partial charge >= 0.3 is 0 Å². The van der Waals surface area contributed by atoms with Gasteiger partial charge in [0, 0.05) is 23.5 Å². The molecule has 1 aromatic heterocycles. The number of hydrogen-bond acceptors (Lipinski definition) is 4. The number of ether oxygens (including phenoxy) is 1. The van der Waals surface area contributed by atoms with Gasteiger partial charge in [-0.2, -0.15) is 0 Å².